The first kappa shape index (κ1) is 17.1. The van der Waals surface area contributed by atoms with E-state index in [-0.39, 0.29) is 34.3 Å². The lowest BCUT2D eigenvalue weighted by Gasteiger charge is -2.32. The van der Waals surface area contributed by atoms with Crippen molar-refractivity contribution < 1.29 is 14.5 Å². The molecule has 2 aromatic rings. The standard InChI is InChI=1S/C16H15ClN4O4/c17-14-5-4-11(21(23)24)9-13(14)15(22)20-8-1-3-12(10-20)25-16-18-6-2-7-19-16/h2,4-7,9,12H,1,3,8,10H2. The Labute approximate surface area is 148 Å². The Morgan fingerprint density at radius 3 is 2.84 bits per heavy atom. The van der Waals surface area contributed by atoms with Gasteiger partial charge in [0, 0.05) is 31.1 Å². The molecule has 0 aliphatic carbocycles. The maximum atomic E-state index is 12.7. The number of rotatable bonds is 4. The van der Waals surface area contributed by atoms with Crippen LogP contribution in [-0.4, -0.2) is 44.9 Å². The number of halogens is 1. The number of carbonyl (C=O) groups excluding carboxylic acids is 1. The summed E-state index contributed by atoms with van der Waals surface area (Å²) in [5.41, 5.74) is -0.0530. The maximum absolute atomic E-state index is 12.7. The second-order valence-electron chi connectivity index (χ2n) is 5.59. The number of benzene rings is 1. The number of nitro benzene ring substituents is 1. The van der Waals surface area contributed by atoms with Crippen molar-refractivity contribution >= 4 is 23.2 Å². The topological polar surface area (TPSA) is 98.5 Å². The van der Waals surface area contributed by atoms with Gasteiger partial charge in [0.1, 0.15) is 6.10 Å². The first-order chi connectivity index (χ1) is 12.0. The van der Waals surface area contributed by atoms with Crippen LogP contribution in [0.25, 0.3) is 0 Å². The van der Waals surface area contributed by atoms with Crippen molar-refractivity contribution in [3.63, 3.8) is 0 Å². The van der Waals surface area contributed by atoms with Crippen molar-refractivity contribution in [1.82, 2.24) is 14.9 Å². The number of nitrogens with zero attached hydrogens (tertiary/aromatic N) is 4. The Bertz CT molecular complexity index is 787. The molecule has 2 heterocycles. The summed E-state index contributed by atoms with van der Waals surface area (Å²) in [5.74, 6) is -0.351. The molecule has 130 valence electrons. The number of likely N-dealkylation sites (tertiary alicyclic amines) is 1. The van der Waals surface area contributed by atoms with Crippen molar-refractivity contribution in [3.8, 4) is 6.01 Å². The van der Waals surface area contributed by atoms with Crippen molar-refractivity contribution in [2.24, 2.45) is 0 Å². The number of hydrogen-bond acceptors (Lipinski definition) is 6. The average Bonchev–Trinajstić information content (AvgIpc) is 2.62. The molecule has 1 fully saturated rings. The van der Waals surface area contributed by atoms with Crippen LogP contribution >= 0.6 is 11.6 Å². The normalized spacial score (nSPS) is 17.2. The summed E-state index contributed by atoms with van der Waals surface area (Å²) in [5, 5.41) is 11.1. The number of aromatic nitrogens is 2. The van der Waals surface area contributed by atoms with Gasteiger partial charge in [0.15, 0.2) is 0 Å². The molecule has 1 aromatic carbocycles. The number of piperidine rings is 1. The lowest BCUT2D eigenvalue weighted by molar-refractivity contribution is -0.384. The van der Waals surface area contributed by atoms with E-state index in [1.807, 2.05) is 0 Å². The zero-order valence-electron chi connectivity index (χ0n) is 13.2. The Balaban J connectivity index is 1.74. The SMILES string of the molecule is O=C(c1cc([N+](=O)[O-])ccc1Cl)N1CCCC(Oc2ncccn2)C1. The zero-order valence-corrected chi connectivity index (χ0v) is 13.9. The number of amides is 1. The van der Waals surface area contributed by atoms with E-state index in [0.717, 1.165) is 12.8 Å². The molecule has 0 radical (unpaired) electrons. The van der Waals surface area contributed by atoms with E-state index in [0.29, 0.717) is 13.1 Å². The molecule has 1 aliphatic rings. The van der Waals surface area contributed by atoms with Crippen LogP contribution in [0.3, 0.4) is 0 Å². The second kappa shape index (κ2) is 7.43. The molecule has 0 N–H and O–H groups in total. The Morgan fingerprint density at radius 2 is 2.12 bits per heavy atom. The van der Waals surface area contributed by atoms with Gasteiger partial charge >= 0.3 is 6.01 Å². The quantitative estimate of drug-likeness (QED) is 0.612. The van der Waals surface area contributed by atoms with Crippen molar-refractivity contribution in [3.05, 3.63) is 57.4 Å². The van der Waals surface area contributed by atoms with Gasteiger partial charge in [0.2, 0.25) is 0 Å². The van der Waals surface area contributed by atoms with Crippen LogP contribution in [0, 0.1) is 10.1 Å². The van der Waals surface area contributed by atoms with E-state index in [2.05, 4.69) is 9.97 Å². The van der Waals surface area contributed by atoms with Crippen molar-refractivity contribution in [1.29, 1.82) is 0 Å². The Morgan fingerprint density at radius 1 is 1.36 bits per heavy atom. The second-order valence-corrected chi connectivity index (χ2v) is 5.99. The molecule has 1 saturated heterocycles. The van der Waals surface area contributed by atoms with Gasteiger partial charge in [0.25, 0.3) is 11.6 Å². The summed E-state index contributed by atoms with van der Waals surface area (Å²) in [7, 11) is 0. The molecule has 1 aromatic heterocycles. The van der Waals surface area contributed by atoms with E-state index in [4.69, 9.17) is 16.3 Å². The van der Waals surface area contributed by atoms with Crippen LogP contribution in [0.1, 0.15) is 23.2 Å². The fourth-order valence-corrected chi connectivity index (χ4v) is 2.87. The molecule has 0 saturated carbocycles. The Hall–Kier alpha value is -2.74. The minimum absolute atomic E-state index is 0.118. The van der Waals surface area contributed by atoms with Crippen LogP contribution in [0.2, 0.25) is 5.02 Å². The van der Waals surface area contributed by atoms with E-state index in [1.165, 1.54) is 18.2 Å². The molecule has 1 amide bonds. The molecule has 1 aliphatic heterocycles. The number of nitro groups is 1. The van der Waals surface area contributed by atoms with Gasteiger partial charge in [-0.2, -0.15) is 0 Å². The summed E-state index contributed by atoms with van der Waals surface area (Å²) in [6.45, 7) is 0.878. The predicted molar refractivity (Wildman–Crippen MR) is 89.7 cm³/mol. The minimum Gasteiger partial charge on any atom is -0.458 e. The summed E-state index contributed by atoms with van der Waals surface area (Å²) in [6.07, 6.45) is 4.44. The molecule has 1 unspecified atom stereocenters. The summed E-state index contributed by atoms with van der Waals surface area (Å²) in [6, 6.07) is 5.79. The minimum atomic E-state index is -0.554. The lowest BCUT2D eigenvalue weighted by Crippen LogP contribution is -2.44. The first-order valence-corrected chi connectivity index (χ1v) is 8.09. The first-order valence-electron chi connectivity index (χ1n) is 7.71. The zero-order chi connectivity index (χ0) is 17.8. The Kier molecular flexibility index (Phi) is 5.08. The highest BCUT2D eigenvalue weighted by atomic mass is 35.5. The van der Waals surface area contributed by atoms with Gasteiger partial charge in [-0.1, -0.05) is 11.6 Å². The summed E-state index contributed by atoms with van der Waals surface area (Å²) in [4.78, 5) is 32.7. The van der Waals surface area contributed by atoms with E-state index in [1.54, 1.807) is 23.4 Å². The predicted octanol–water partition coefficient (Wildman–Crippen LogP) is 2.72. The lowest BCUT2D eigenvalue weighted by atomic mass is 10.1. The number of hydrogen-bond donors (Lipinski definition) is 0. The van der Waals surface area contributed by atoms with Crippen molar-refractivity contribution in [2.45, 2.75) is 18.9 Å². The average molecular weight is 363 g/mol. The molecule has 25 heavy (non-hydrogen) atoms. The van der Waals surface area contributed by atoms with E-state index < -0.39 is 4.92 Å². The third-order valence-corrected chi connectivity index (χ3v) is 4.20. The monoisotopic (exact) mass is 362 g/mol. The molecule has 0 spiro atoms. The van der Waals surface area contributed by atoms with Crippen LogP contribution in [0.5, 0.6) is 6.01 Å². The highest BCUT2D eigenvalue weighted by Crippen LogP contribution is 2.25. The summed E-state index contributed by atoms with van der Waals surface area (Å²) >= 11 is 6.06. The summed E-state index contributed by atoms with van der Waals surface area (Å²) < 4.78 is 5.71. The smallest absolute Gasteiger partial charge is 0.316 e. The third-order valence-electron chi connectivity index (χ3n) is 3.87. The highest BCUT2D eigenvalue weighted by molar-refractivity contribution is 6.33. The van der Waals surface area contributed by atoms with Gasteiger partial charge in [-0.15, -0.1) is 0 Å². The van der Waals surface area contributed by atoms with Crippen LogP contribution in [-0.2, 0) is 0 Å². The fourth-order valence-electron chi connectivity index (χ4n) is 2.68. The maximum Gasteiger partial charge on any atom is 0.316 e. The molecule has 8 nitrogen and oxygen atoms in total. The molecule has 1 atom stereocenters. The molecular weight excluding hydrogens is 348 g/mol. The molecule has 3 rings (SSSR count). The third kappa shape index (κ3) is 4.03. The molecular formula is C16H15ClN4O4. The van der Waals surface area contributed by atoms with Crippen LogP contribution in [0.4, 0.5) is 5.69 Å². The largest absolute Gasteiger partial charge is 0.458 e. The highest BCUT2D eigenvalue weighted by Gasteiger charge is 2.28. The number of non-ortho nitro benzene ring substituents is 1. The fraction of sp³-hybridized carbons (Fsp3) is 0.312. The van der Waals surface area contributed by atoms with Gasteiger partial charge in [0.05, 0.1) is 22.1 Å². The molecule has 0 bridgehead atoms. The van der Waals surface area contributed by atoms with Gasteiger partial charge < -0.3 is 9.64 Å². The number of ether oxygens (including phenoxy) is 1. The van der Waals surface area contributed by atoms with Gasteiger partial charge in [-0.05, 0) is 25.0 Å². The molecule has 9 heteroatoms. The van der Waals surface area contributed by atoms with Gasteiger partial charge in [-0.3, -0.25) is 14.9 Å². The van der Waals surface area contributed by atoms with E-state index in [9.17, 15) is 14.9 Å². The number of carbonyl (C=O) groups is 1. The van der Waals surface area contributed by atoms with Crippen LogP contribution in [0.15, 0.2) is 36.7 Å². The van der Waals surface area contributed by atoms with Crippen LogP contribution < -0.4 is 4.74 Å². The van der Waals surface area contributed by atoms with Gasteiger partial charge in [-0.25, -0.2) is 9.97 Å². The van der Waals surface area contributed by atoms with Crippen molar-refractivity contribution in [2.75, 3.05) is 13.1 Å². The van der Waals surface area contributed by atoms with E-state index >= 15 is 0 Å².